The Morgan fingerprint density at radius 1 is 0.966 bits per heavy atom. The monoisotopic (exact) mass is 493 g/mol. The molecule has 4 aromatic rings. The average Bonchev–Trinajstić information content (AvgIpc) is 3.01. The maximum Gasteiger partial charge on any atom is 0.271 e. The summed E-state index contributed by atoms with van der Waals surface area (Å²) in [5.74, 6) is -0.224. The van der Waals surface area contributed by atoms with Gasteiger partial charge in [-0.05, 0) is 89.7 Å². The molecular weight excluding hydrogens is 473 g/mol. The zero-order chi connectivity index (χ0) is 20.4. The summed E-state index contributed by atoms with van der Waals surface area (Å²) in [6, 6.07) is 24.1. The van der Waals surface area contributed by atoms with Gasteiger partial charge in [0.15, 0.2) is 0 Å². The molecule has 4 nitrogen and oxygen atoms in total. The second-order valence-corrected chi connectivity index (χ2v) is 8.14. The van der Waals surface area contributed by atoms with Gasteiger partial charge in [-0.3, -0.25) is 4.79 Å². The first-order valence-electron chi connectivity index (χ1n) is 9.30. The van der Waals surface area contributed by atoms with Crippen LogP contribution in [0.5, 0.6) is 0 Å². The van der Waals surface area contributed by atoms with E-state index in [-0.39, 0.29) is 5.91 Å². The molecule has 0 aliphatic rings. The normalized spacial score (nSPS) is 11.3. The summed E-state index contributed by atoms with van der Waals surface area (Å²) in [7, 11) is 0. The molecule has 0 unspecified atom stereocenters. The molecule has 0 spiro atoms. The number of hydrazone groups is 1. The predicted octanol–water partition coefficient (Wildman–Crippen LogP) is 5.62. The summed E-state index contributed by atoms with van der Waals surface area (Å²) in [5.41, 5.74) is 7.50. The number of aryl methyl sites for hydroxylation is 1. The van der Waals surface area contributed by atoms with Crippen molar-refractivity contribution >= 4 is 45.5 Å². The van der Waals surface area contributed by atoms with Crippen molar-refractivity contribution in [2.75, 3.05) is 0 Å². The zero-order valence-electron chi connectivity index (χ0n) is 16.2. The number of fused-ring (bicyclic) bond motifs is 1. The van der Waals surface area contributed by atoms with Gasteiger partial charge in [0, 0.05) is 31.8 Å². The van der Waals surface area contributed by atoms with Crippen LogP contribution in [-0.2, 0) is 0 Å². The molecular formula is C24H20IN3O. The van der Waals surface area contributed by atoms with Gasteiger partial charge in [0.25, 0.3) is 5.91 Å². The molecule has 29 heavy (non-hydrogen) atoms. The number of nitrogens with zero attached hydrogens (tertiary/aromatic N) is 2. The summed E-state index contributed by atoms with van der Waals surface area (Å²) in [5, 5.41) is 6.32. The minimum Gasteiger partial charge on any atom is -0.318 e. The first-order chi connectivity index (χ1) is 14.0. The zero-order valence-corrected chi connectivity index (χ0v) is 18.3. The van der Waals surface area contributed by atoms with Crippen LogP contribution in [0.1, 0.15) is 27.3 Å². The Kier molecular flexibility index (Phi) is 5.49. The average molecular weight is 493 g/mol. The van der Waals surface area contributed by atoms with Crippen molar-refractivity contribution in [3.63, 3.8) is 0 Å². The molecule has 5 heteroatoms. The smallest absolute Gasteiger partial charge is 0.271 e. The van der Waals surface area contributed by atoms with E-state index in [9.17, 15) is 4.79 Å². The number of hydrogen-bond acceptors (Lipinski definition) is 2. The summed E-state index contributed by atoms with van der Waals surface area (Å²) in [6.45, 7) is 4.12. The highest BCUT2D eigenvalue weighted by Crippen LogP contribution is 2.21. The lowest BCUT2D eigenvalue weighted by molar-refractivity contribution is 0.0955. The van der Waals surface area contributed by atoms with E-state index < -0.39 is 0 Å². The molecule has 0 saturated heterocycles. The summed E-state index contributed by atoms with van der Waals surface area (Å²) in [6.07, 6.45) is 1.70. The Balaban J connectivity index is 1.52. The van der Waals surface area contributed by atoms with Crippen LogP contribution >= 0.6 is 22.6 Å². The van der Waals surface area contributed by atoms with E-state index in [0.717, 1.165) is 33.4 Å². The molecule has 0 radical (unpaired) electrons. The Labute approximate surface area is 183 Å². The van der Waals surface area contributed by atoms with Crippen molar-refractivity contribution in [3.05, 3.63) is 98.9 Å². The van der Waals surface area contributed by atoms with E-state index in [1.807, 2.05) is 42.5 Å². The third kappa shape index (κ3) is 4.10. The lowest BCUT2D eigenvalue weighted by Gasteiger charge is -2.09. The highest BCUT2D eigenvalue weighted by Gasteiger charge is 2.10. The summed E-state index contributed by atoms with van der Waals surface area (Å²) < 4.78 is 3.38. The Bertz CT molecular complexity index is 1220. The van der Waals surface area contributed by atoms with E-state index in [4.69, 9.17) is 0 Å². The molecule has 0 aliphatic carbocycles. The third-order valence-corrected chi connectivity index (χ3v) is 5.66. The number of benzene rings is 3. The third-order valence-electron chi connectivity index (χ3n) is 4.94. The largest absolute Gasteiger partial charge is 0.318 e. The highest BCUT2D eigenvalue weighted by atomic mass is 127. The van der Waals surface area contributed by atoms with E-state index in [0.29, 0.717) is 5.56 Å². The van der Waals surface area contributed by atoms with E-state index in [2.05, 4.69) is 81.9 Å². The standard InChI is InChI=1S/C24H20IN3O/c1-16-13-21(17(2)28(16)23-11-9-22(25)10-12-23)15-26-27-24(29)20-8-7-18-5-3-4-6-19(18)14-20/h3-15H,1-2H3,(H,27,29)/b26-15-. The van der Waals surface area contributed by atoms with Crippen LogP contribution in [0.4, 0.5) is 0 Å². The summed E-state index contributed by atoms with van der Waals surface area (Å²) in [4.78, 5) is 12.5. The molecule has 1 amide bonds. The van der Waals surface area contributed by atoms with Gasteiger partial charge < -0.3 is 4.57 Å². The number of halogens is 1. The van der Waals surface area contributed by atoms with Gasteiger partial charge in [-0.1, -0.05) is 30.3 Å². The van der Waals surface area contributed by atoms with Crippen molar-refractivity contribution < 1.29 is 4.79 Å². The number of amides is 1. The van der Waals surface area contributed by atoms with Gasteiger partial charge >= 0.3 is 0 Å². The number of carbonyl (C=O) groups is 1. The van der Waals surface area contributed by atoms with Crippen LogP contribution in [0.25, 0.3) is 16.5 Å². The van der Waals surface area contributed by atoms with E-state index in [1.165, 1.54) is 3.57 Å². The fourth-order valence-corrected chi connectivity index (χ4v) is 3.82. The molecule has 4 rings (SSSR count). The molecule has 0 atom stereocenters. The van der Waals surface area contributed by atoms with Crippen LogP contribution in [-0.4, -0.2) is 16.7 Å². The molecule has 1 heterocycles. The quantitative estimate of drug-likeness (QED) is 0.224. The molecule has 1 aromatic heterocycles. The van der Waals surface area contributed by atoms with Crippen LogP contribution in [0, 0.1) is 17.4 Å². The van der Waals surface area contributed by atoms with E-state index in [1.54, 1.807) is 6.21 Å². The number of hydrogen-bond donors (Lipinski definition) is 1. The maximum absolute atomic E-state index is 12.5. The first-order valence-corrected chi connectivity index (χ1v) is 10.4. The molecule has 0 fully saturated rings. The lowest BCUT2D eigenvalue weighted by Crippen LogP contribution is -2.17. The minimum atomic E-state index is -0.224. The molecule has 144 valence electrons. The van der Waals surface area contributed by atoms with Gasteiger partial charge in [-0.15, -0.1) is 0 Å². The molecule has 0 aliphatic heterocycles. The molecule has 3 aromatic carbocycles. The van der Waals surface area contributed by atoms with Gasteiger partial charge in [-0.25, -0.2) is 5.43 Å². The van der Waals surface area contributed by atoms with Crippen molar-refractivity contribution in [1.29, 1.82) is 0 Å². The number of rotatable bonds is 4. The lowest BCUT2D eigenvalue weighted by atomic mass is 10.1. The van der Waals surface area contributed by atoms with Crippen LogP contribution in [0.3, 0.4) is 0 Å². The number of aromatic nitrogens is 1. The van der Waals surface area contributed by atoms with Gasteiger partial charge in [-0.2, -0.15) is 5.10 Å². The topological polar surface area (TPSA) is 46.4 Å². The van der Waals surface area contributed by atoms with Crippen molar-refractivity contribution in [1.82, 2.24) is 9.99 Å². The van der Waals surface area contributed by atoms with Gasteiger partial charge in [0.1, 0.15) is 0 Å². The minimum absolute atomic E-state index is 0.224. The van der Waals surface area contributed by atoms with Crippen molar-refractivity contribution in [2.24, 2.45) is 5.10 Å². The second-order valence-electron chi connectivity index (χ2n) is 6.90. The molecule has 0 saturated carbocycles. The van der Waals surface area contributed by atoms with Gasteiger partial charge in [0.2, 0.25) is 0 Å². The predicted molar refractivity (Wildman–Crippen MR) is 127 cm³/mol. The Morgan fingerprint density at radius 2 is 1.69 bits per heavy atom. The molecule has 1 N–H and O–H groups in total. The van der Waals surface area contributed by atoms with Gasteiger partial charge in [0.05, 0.1) is 6.21 Å². The van der Waals surface area contributed by atoms with Crippen molar-refractivity contribution in [2.45, 2.75) is 13.8 Å². The number of nitrogens with one attached hydrogen (secondary N) is 1. The maximum atomic E-state index is 12.5. The SMILES string of the molecule is Cc1cc(/C=N\NC(=O)c2ccc3ccccc3c2)c(C)n1-c1ccc(I)cc1. The van der Waals surface area contributed by atoms with Crippen molar-refractivity contribution in [3.8, 4) is 5.69 Å². The first kappa shape index (κ1) is 19.4. The fraction of sp³-hybridized carbons (Fsp3) is 0.0833. The van der Waals surface area contributed by atoms with Crippen LogP contribution in [0.15, 0.2) is 77.9 Å². The Morgan fingerprint density at radius 3 is 2.45 bits per heavy atom. The van der Waals surface area contributed by atoms with Crippen LogP contribution in [0.2, 0.25) is 0 Å². The second kappa shape index (κ2) is 8.21. The Hall–Kier alpha value is -2.93. The summed E-state index contributed by atoms with van der Waals surface area (Å²) >= 11 is 2.30. The molecule has 0 bridgehead atoms. The highest BCUT2D eigenvalue weighted by molar-refractivity contribution is 14.1. The van der Waals surface area contributed by atoms with Crippen LogP contribution < -0.4 is 5.43 Å². The fourth-order valence-electron chi connectivity index (χ4n) is 3.46. The number of carbonyl (C=O) groups excluding carboxylic acids is 1. The van der Waals surface area contributed by atoms with E-state index >= 15 is 0 Å².